The van der Waals surface area contributed by atoms with Crippen LogP contribution < -0.4 is 15.7 Å². The number of hydrogen-bond donors (Lipinski definition) is 1. The summed E-state index contributed by atoms with van der Waals surface area (Å²) < 4.78 is 14.6. The smallest absolute Gasteiger partial charge is 0.287 e. The number of pyridine rings is 1. The Morgan fingerprint density at radius 2 is 1.83 bits per heavy atom. The van der Waals surface area contributed by atoms with Gasteiger partial charge in [0.2, 0.25) is 0 Å². The Balaban J connectivity index is 1.68. The van der Waals surface area contributed by atoms with Crippen LogP contribution in [0.2, 0.25) is 0 Å². The van der Waals surface area contributed by atoms with Crippen LogP contribution in [0, 0.1) is 12.7 Å². The number of aromatic nitrogens is 3. The van der Waals surface area contributed by atoms with E-state index in [1.807, 2.05) is 43.3 Å². The van der Waals surface area contributed by atoms with E-state index in [0.717, 1.165) is 11.1 Å². The summed E-state index contributed by atoms with van der Waals surface area (Å²) in [6.07, 6.45) is 1.40. The minimum atomic E-state index is -0.353. The van der Waals surface area contributed by atoms with Gasteiger partial charge in [0.15, 0.2) is 5.65 Å². The second-order valence-corrected chi connectivity index (χ2v) is 6.59. The van der Waals surface area contributed by atoms with Crippen molar-refractivity contribution in [3.63, 3.8) is 0 Å². The Morgan fingerprint density at radius 3 is 2.62 bits per heavy atom. The first-order chi connectivity index (χ1) is 14.1. The maximum Gasteiger partial charge on any atom is 0.287 e. The van der Waals surface area contributed by atoms with Crippen molar-refractivity contribution in [3.05, 3.63) is 100.0 Å². The minimum Gasteiger partial charge on any atom is -0.404 e. The molecule has 146 valence electrons. The highest BCUT2D eigenvalue weighted by Gasteiger charge is 2.14. The van der Waals surface area contributed by atoms with Crippen LogP contribution in [-0.2, 0) is 13.2 Å². The Bertz CT molecular complexity index is 1210. The summed E-state index contributed by atoms with van der Waals surface area (Å²) in [6, 6.07) is 17.3. The fourth-order valence-corrected chi connectivity index (χ4v) is 3.11. The van der Waals surface area contributed by atoms with Gasteiger partial charge in [-0.25, -0.2) is 14.4 Å². The van der Waals surface area contributed by atoms with Crippen molar-refractivity contribution < 1.29 is 9.23 Å². The molecule has 4 aromatic rings. The molecule has 7 heteroatoms. The average molecular weight is 390 g/mol. The van der Waals surface area contributed by atoms with E-state index in [9.17, 15) is 9.18 Å². The molecule has 1 N–H and O–H groups in total. The largest absolute Gasteiger partial charge is 0.404 e. The van der Waals surface area contributed by atoms with Crippen molar-refractivity contribution in [2.75, 3.05) is 5.32 Å². The summed E-state index contributed by atoms with van der Waals surface area (Å²) in [7, 11) is 0. The van der Waals surface area contributed by atoms with Gasteiger partial charge in [0, 0.05) is 12.6 Å². The zero-order valence-electron chi connectivity index (χ0n) is 15.8. The topological polar surface area (TPSA) is 69.0 Å². The van der Waals surface area contributed by atoms with Crippen LogP contribution in [0.3, 0.4) is 0 Å². The first-order valence-corrected chi connectivity index (χ1v) is 9.15. The van der Waals surface area contributed by atoms with E-state index in [1.165, 1.54) is 29.3 Å². The van der Waals surface area contributed by atoms with Gasteiger partial charge in [-0.1, -0.05) is 42.5 Å². The van der Waals surface area contributed by atoms with Gasteiger partial charge >= 0.3 is 0 Å². The number of hydrogen-bond acceptors (Lipinski definition) is 5. The molecule has 0 fully saturated rings. The molecule has 0 spiro atoms. The van der Waals surface area contributed by atoms with Gasteiger partial charge in [0.1, 0.15) is 18.8 Å². The number of nitrogens with zero attached hydrogens (tertiary/aromatic N) is 3. The maximum atomic E-state index is 13.4. The number of fused-ring (bicyclic) bond motifs is 1. The molecule has 0 bridgehead atoms. The molecule has 29 heavy (non-hydrogen) atoms. The second-order valence-electron chi connectivity index (χ2n) is 6.59. The van der Waals surface area contributed by atoms with Crippen molar-refractivity contribution in [1.82, 2.24) is 14.7 Å². The molecule has 4 rings (SSSR count). The first kappa shape index (κ1) is 18.6. The van der Waals surface area contributed by atoms with Crippen molar-refractivity contribution >= 4 is 16.7 Å². The van der Waals surface area contributed by atoms with E-state index in [-0.39, 0.29) is 18.0 Å². The SMILES string of the molecule is Cc1ncnc2c1c(NCc1cccc(F)c1)cc(=O)n2OCc1ccccc1. The summed E-state index contributed by atoms with van der Waals surface area (Å²) in [5, 5.41) is 3.88. The predicted octanol–water partition coefficient (Wildman–Crippen LogP) is 3.48. The highest BCUT2D eigenvalue weighted by Crippen LogP contribution is 2.23. The quantitative estimate of drug-likeness (QED) is 0.546. The molecule has 2 heterocycles. The van der Waals surface area contributed by atoms with Crippen molar-refractivity contribution in [1.29, 1.82) is 0 Å². The number of aryl methyl sites for hydroxylation is 1. The van der Waals surface area contributed by atoms with E-state index >= 15 is 0 Å². The number of anilines is 1. The summed E-state index contributed by atoms with van der Waals surface area (Å²) in [5.41, 5.74) is 3.00. The van der Waals surface area contributed by atoms with Crippen LogP contribution >= 0.6 is 0 Å². The van der Waals surface area contributed by atoms with Crippen LogP contribution in [0.15, 0.2) is 71.8 Å². The molecule has 6 nitrogen and oxygen atoms in total. The zero-order valence-corrected chi connectivity index (χ0v) is 15.8. The fourth-order valence-electron chi connectivity index (χ4n) is 3.11. The molecule has 0 radical (unpaired) electrons. The number of halogens is 1. The van der Waals surface area contributed by atoms with Crippen LogP contribution in [-0.4, -0.2) is 14.7 Å². The fraction of sp³-hybridized carbons (Fsp3) is 0.136. The van der Waals surface area contributed by atoms with Gasteiger partial charge < -0.3 is 10.2 Å². The maximum absolute atomic E-state index is 13.4. The van der Waals surface area contributed by atoms with Crippen LogP contribution in [0.25, 0.3) is 11.0 Å². The molecular formula is C22H19FN4O2. The average Bonchev–Trinajstić information content (AvgIpc) is 2.72. The molecule has 0 aliphatic carbocycles. The predicted molar refractivity (Wildman–Crippen MR) is 109 cm³/mol. The minimum absolute atomic E-state index is 0.231. The molecule has 2 aromatic heterocycles. The van der Waals surface area contributed by atoms with Gasteiger partial charge in [-0.2, -0.15) is 0 Å². The second kappa shape index (κ2) is 8.10. The van der Waals surface area contributed by atoms with Crippen molar-refractivity contribution in [3.8, 4) is 0 Å². The summed E-state index contributed by atoms with van der Waals surface area (Å²) in [5.74, 6) is -0.307. The van der Waals surface area contributed by atoms with E-state index in [2.05, 4.69) is 15.3 Å². The van der Waals surface area contributed by atoms with E-state index in [0.29, 0.717) is 29.0 Å². The Hall–Kier alpha value is -3.74. The van der Waals surface area contributed by atoms with E-state index < -0.39 is 0 Å². The lowest BCUT2D eigenvalue weighted by molar-refractivity contribution is 0.0979. The molecule has 0 amide bonds. The third-order valence-electron chi connectivity index (χ3n) is 4.52. The normalized spacial score (nSPS) is 10.8. The molecule has 0 saturated heterocycles. The van der Waals surface area contributed by atoms with E-state index in [4.69, 9.17) is 4.84 Å². The monoisotopic (exact) mass is 390 g/mol. The van der Waals surface area contributed by atoms with Crippen LogP contribution in [0.5, 0.6) is 0 Å². The molecule has 0 aliphatic rings. The van der Waals surface area contributed by atoms with Gasteiger partial charge in [-0.05, 0) is 30.2 Å². The molecule has 0 unspecified atom stereocenters. The van der Waals surface area contributed by atoms with Crippen molar-refractivity contribution in [2.24, 2.45) is 0 Å². The Labute approximate surface area is 166 Å². The zero-order chi connectivity index (χ0) is 20.2. The van der Waals surface area contributed by atoms with Crippen molar-refractivity contribution in [2.45, 2.75) is 20.1 Å². The first-order valence-electron chi connectivity index (χ1n) is 9.15. The van der Waals surface area contributed by atoms with Gasteiger partial charge in [-0.15, -0.1) is 4.73 Å². The molecule has 0 atom stereocenters. The number of benzene rings is 2. The summed E-state index contributed by atoms with van der Waals surface area (Å²) in [4.78, 5) is 27.0. The highest BCUT2D eigenvalue weighted by molar-refractivity contribution is 5.90. The molecule has 2 aromatic carbocycles. The standard InChI is InChI=1S/C22H19FN4O2/c1-15-21-19(24-12-17-8-5-9-18(23)10-17)11-20(28)27(22(21)26-14-25-15)29-13-16-6-3-2-4-7-16/h2-11,14,24H,12-13H2,1H3. The lowest BCUT2D eigenvalue weighted by Gasteiger charge is -2.15. The Kier molecular flexibility index (Phi) is 5.20. The highest BCUT2D eigenvalue weighted by atomic mass is 19.1. The summed E-state index contributed by atoms with van der Waals surface area (Å²) >= 11 is 0. The van der Waals surface area contributed by atoms with E-state index in [1.54, 1.807) is 6.07 Å². The third-order valence-corrected chi connectivity index (χ3v) is 4.52. The summed E-state index contributed by atoms with van der Waals surface area (Å²) in [6.45, 7) is 2.42. The lowest BCUT2D eigenvalue weighted by atomic mass is 10.2. The number of nitrogens with one attached hydrogen (secondary N) is 1. The van der Waals surface area contributed by atoms with Gasteiger partial charge in [0.25, 0.3) is 5.56 Å². The van der Waals surface area contributed by atoms with Crippen LogP contribution in [0.1, 0.15) is 16.8 Å². The molecule has 0 aliphatic heterocycles. The number of rotatable bonds is 6. The lowest BCUT2D eigenvalue weighted by Crippen LogP contribution is -2.28. The molecular weight excluding hydrogens is 371 g/mol. The van der Waals surface area contributed by atoms with Gasteiger partial charge in [-0.3, -0.25) is 4.79 Å². The van der Waals surface area contributed by atoms with Gasteiger partial charge in [0.05, 0.1) is 16.8 Å². The third kappa shape index (κ3) is 4.08. The molecule has 0 saturated carbocycles. The van der Waals surface area contributed by atoms with Crippen LogP contribution in [0.4, 0.5) is 10.1 Å². The Morgan fingerprint density at radius 1 is 1.03 bits per heavy atom.